The van der Waals surface area contributed by atoms with E-state index in [-0.39, 0.29) is 18.5 Å². The standard InChI is InChI=1S/C70H133NO5/c1-3-5-7-9-11-13-15-17-18-36-39-42-46-50-54-58-62-68(73)67(66-72)71-69(74)63-59-55-51-47-43-40-37-34-32-30-28-26-24-22-20-19-21-23-25-27-29-31-33-35-38-41-45-49-53-57-61-65-76-70(75)64-60-56-52-48-44-16-14-12-10-8-6-4-2/h12,14,21,23,27,29,67-68,72-73H,3-11,13,15-20,22,24-26,28,30-66H2,1-2H3,(H,71,74)/b14-12-,23-21-,29-27-. The van der Waals surface area contributed by atoms with Crippen LogP contribution < -0.4 is 5.32 Å². The molecule has 6 heteroatoms. The van der Waals surface area contributed by atoms with Gasteiger partial charge in [0.05, 0.1) is 25.4 Å². The van der Waals surface area contributed by atoms with Crippen LogP contribution in [0.3, 0.4) is 0 Å². The van der Waals surface area contributed by atoms with Crippen LogP contribution in [0.1, 0.15) is 373 Å². The Labute approximate surface area is 474 Å². The molecular weight excluding hydrogens is 935 g/mol. The third-order valence-corrected chi connectivity index (χ3v) is 15.9. The molecule has 2 unspecified atom stereocenters. The molecule has 0 aromatic carbocycles. The molecule has 0 heterocycles. The molecule has 0 aliphatic carbocycles. The highest BCUT2D eigenvalue weighted by Gasteiger charge is 2.20. The zero-order valence-electron chi connectivity index (χ0n) is 51.3. The van der Waals surface area contributed by atoms with Gasteiger partial charge in [0.2, 0.25) is 5.91 Å². The zero-order chi connectivity index (χ0) is 55.0. The average Bonchev–Trinajstić information content (AvgIpc) is 3.42. The first-order chi connectivity index (χ1) is 37.5. The van der Waals surface area contributed by atoms with E-state index in [1.165, 1.54) is 289 Å². The summed E-state index contributed by atoms with van der Waals surface area (Å²) in [5, 5.41) is 23.3. The van der Waals surface area contributed by atoms with Crippen LogP contribution in [-0.2, 0) is 14.3 Å². The number of hydrogen-bond donors (Lipinski definition) is 3. The molecule has 0 spiro atoms. The summed E-state index contributed by atoms with van der Waals surface area (Å²) in [6.07, 6.45) is 83.3. The van der Waals surface area contributed by atoms with Gasteiger partial charge in [0.1, 0.15) is 0 Å². The lowest BCUT2D eigenvalue weighted by Crippen LogP contribution is -2.45. The Kier molecular flexibility index (Phi) is 63.9. The van der Waals surface area contributed by atoms with Crippen LogP contribution in [0.2, 0.25) is 0 Å². The second-order valence-electron chi connectivity index (χ2n) is 23.5. The number of aliphatic hydroxyl groups excluding tert-OH is 2. The molecule has 0 bridgehead atoms. The van der Waals surface area contributed by atoms with Gasteiger partial charge in [-0.2, -0.15) is 0 Å². The molecule has 0 aliphatic heterocycles. The minimum Gasteiger partial charge on any atom is -0.466 e. The number of aliphatic hydroxyl groups is 2. The quantitative estimate of drug-likeness (QED) is 0.0320. The summed E-state index contributed by atoms with van der Waals surface area (Å²) in [6, 6.07) is -0.541. The lowest BCUT2D eigenvalue weighted by Gasteiger charge is -2.22. The molecule has 76 heavy (non-hydrogen) atoms. The van der Waals surface area contributed by atoms with Crippen molar-refractivity contribution in [2.45, 2.75) is 386 Å². The van der Waals surface area contributed by atoms with Crippen molar-refractivity contribution in [1.29, 1.82) is 0 Å². The first-order valence-corrected chi connectivity index (χ1v) is 34.2. The Hall–Kier alpha value is -1.92. The van der Waals surface area contributed by atoms with Crippen molar-refractivity contribution in [1.82, 2.24) is 5.32 Å². The Morgan fingerprint density at radius 3 is 1.04 bits per heavy atom. The molecule has 0 saturated carbocycles. The highest BCUT2D eigenvalue weighted by atomic mass is 16.5. The van der Waals surface area contributed by atoms with E-state index in [0.717, 1.165) is 51.4 Å². The lowest BCUT2D eigenvalue weighted by molar-refractivity contribution is -0.143. The van der Waals surface area contributed by atoms with Gasteiger partial charge in [-0.15, -0.1) is 0 Å². The first-order valence-electron chi connectivity index (χ1n) is 34.2. The van der Waals surface area contributed by atoms with Crippen LogP contribution in [-0.4, -0.2) is 47.4 Å². The van der Waals surface area contributed by atoms with Gasteiger partial charge in [0.25, 0.3) is 0 Å². The molecule has 2 atom stereocenters. The van der Waals surface area contributed by atoms with Crippen molar-refractivity contribution < 1.29 is 24.5 Å². The lowest BCUT2D eigenvalue weighted by atomic mass is 10.0. The van der Waals surface area contributed by atoms with Gasteiger partial charge in [0, 0.05) is 12.8 Å². The highest BCUT2D eigenvalue weighted by Crippen LogP contribution is 2.18. The average molecular weight is 1070 g/mol. The Morgan fingerprint density at radius 2 is 0.658 bits per heavy atom. The number of rotatable bonds is 64. The maximum Gasteiger partial charge on any atom is 0.305 e. The number of hydrogen-bond acceptors (Lipinski definition) is 5. The summed E-state index contributed by atoms with van der Waals surface area (Å²) in [5.41, 5.74) is 0. The smallest absolute Gasteiger partial charge is 0.305 e. The van der Waals surface area contributed by atoms with Crippen molar-refractivity contribution in [2.75, 3.05) is 13.2 Å². The van der Waals surface area contributed by atoms with E-state index in [9.17, 15) is 19.8 Å². The number of nitrogens with one attached hydrogen (secondary N) is 1. The number of ether oxygens (including phenoxy) is 1. The molecule has 0 fully saturated rings. The SMILES string of the molecule is CCCCC/C=C\CCCCCCCC(=O)OCCCCCCCCCCC/C=C\C/C=C\CCCCCCCCCCCCCCCCCC(=O)NC(CO)C(O)CCCCCCCCCCCCCCCCCC. The van der Waals surface area contributed by atoms with Crippen molar-refractivity contribution in [3.63, 3.8) is 0 Å². The van der Waals surface area contributed by atoms with Gasteiger partial charge >= 0.3 is 5.97 Å². The maximum atomic E-state index is 12.5. The molecule has 0 rings (SSSR count). The van der Waals surface area contributed by atoms with Crippen LogP contribution in [0.5, 0.6) is 0 Å². The fourth-order valence-electron chi connectivity index (χ4n) is 10.7. The van der Waals surface area contributed by atoms with E-state index in [1.807, 2.05) is 0 Å². The van der Waals surface area contributed by atoms with Crippen LogP contribution in [0, 0.1) is 0 Å². The van der Waals surface area contributed by atoms with E-state index in [2.05, 4.69) is 55.6 Å². The number of amides is 1. The predicted molar refractivity (Wildman–Crippen MR) is 333 cm³/mol. The van der Waals surface area contributed by atoms with Crippen LogP contribution in [0.15, 0.2) is 36.5 Å². The van der Waals surface area contributed by atoms with Crippen molar-refractivity contribution in [2.24, 2.45) is 0 Å². The fraction of sp³-hybridized carbons (Fsp3) is 0.886. The fourth-order valence-corrected chi connectivity index (χ4v) is 10.7. The monoisotopic (exact) mass is 1070 g/mol. The largest absolute Gasteiger partial charge is 0.466 e. The summed E-state index contributed by atoms with van der Waals surface area (Å²) in [5.74, 6) is -0.0285. The minimum atomic E-state index is -0.664. The van der Waals surface area contributed by atoms with Crippen LogP contribution >= 0.6 is 0 Å². The Morgan fingerprint density at radius 1 is 0.368 bits per heavy atom. The molecule has 1 amide bonds. The normalized spacial score (nSPS) is 12.7. The second kappa shape index (κ2) is 65.6. The van der Waals surface area contributed by atoms with E-state index in [0.29, 0.717) is 25.9 Å². The van der Waals surface area contributed by atoms with Gasteiger partial charge in [-0.1, -0.05) is 314 Å². The van der Waals surface area contributed by atoms with Gasteiger partial charge in [-0.25, -0.2) is 0 Å². The molecule has 448 valence electrons. The molecular formula is C70H133NO5. The Balaban J connectivity index is 3.39. The van der Waals surface area contributed by atoms with Crippen LogP contribution in [0.4, 0.5) is 0 Å². The second-order valence-corrected chi connectivity index (χ2v) is 23.5. The van der Waals surface area contributed by atoms with E-state index in [1.54, 1.807) is 0 Å². The first kappa shape index (κ1) is 74.1. The number of carbonyl (C=O) groups excluding carboxylic acids is 2. The third kappa shape index (κ3) is 61.3. The minimum absolute atomic E-state index is 0.00323. The maximum absolute atomic E-state index is 12.5. The Bertz CT molecular complexity index is 1230. The summed E-state index contributed by atoms with van der Waals surface area (Å²) in [6.45, 7) is 4.95. The summed E-state index contributed by atoms with van der Waals surface area (Å²) in [4.78, 5) is 24.5. The van der Waals surface area contributed by atoms with Crippen molar-refractivity contribution in [3.05, 3.63) is 36.5 Å². The molecule has 0 saturated heterocycles. The van der Waals surface area contributed by atoms with Crippen molar-refractivity contribution in [3.8, 4) is 0 Å². The van der Waals surface area contributed by atoms with E-state index >= 15 is 0 Å². The topological polar surface area (TPSA) is 95.9 Å². The highest BCUT2D eigenvalue weighted by molar-refractivity contribution is 5.76. The van der Waals surface area contributed by atoms with Gasteiger partial charge in [0.15, 0.2) is 0 Å². The van der Waals surface area contributed by atoms with Crippen LogP contribution in [0.25, 0.3) is 0 Å². The summed E-state index contributed by atoms with van der Waals surface area (Å²) >= 11 is 0. The van der Waals surface area contributed by atoms with Gasteiger partial charge in [-0.3, -0.25) is 9.59 Å². The number of unbranched alkanes of at least 4 members (excludes halogenated alkanes) is 47. The van der Waals surface area contributed by atoms with Crippen molar-refractivity contribution >= 4 is 11.9 Å². The molecule has 0 aromatic rings. The molecule has 0 radical (unpaired) electrons. The predicted octanol–water partition coefficient (Wildman–Crippen LogP) is 21.9. The van der Waals surface area contributed by atoms with Gasteiger partial charge in [-0.05, 0) is 83.5 Å². The third-order valence-electron chi connectivity index (χ3n) is 15.9. The molecule has 0 aliphatic rings. The summed E-state index contributed by atoms with van der Waals surface area (Å²) in [7, 11) is 0. The number of carbonyl (C=O) groups is 2. The van der Waals surface area contributed by atoms with E-state index < -0.39 is 12.1 Å². The molecule has 6 nitrogen and oxygen atoms in total. The summed E-state index contributed by atoms with van der Waals surface area (Å²) < 4.78 is 5.47. The molecule has 3 N–H and O–H groups in total. The number of allylic oxidation sites excluding steroid dienone is 6. The zero-order valence-corrected chi connectivity index (χ0v) is 51.3. The molecule has 0 aromatic heterocycles. The van der Waals surface area contributed by atoms with E-state index in [4.69, 9.17) is 4.74 Å². The number of esters is 1. The van der Waals surface area contributed by atoms with Gasteiger partial charge < -0.3 is 20.3 Å².